The van der Waals surface area contributed by atoms with Crippen LogP contribution < -0.4 is 16.0 Å². The molecule has 2 fully saturated rings. The molecule has 1 aromatic heterocycles. The maximum Gasteiger partial charge on any atom is 0.238 e. The van der Waals surface area contributed by atoms with Gasteiger partial charge in [0.1, 0.15) is 0 Å². The average Bonchev–Trinajstić information content (AvgIpc) is 3.46. The van der Waals surface area contributed by atoms with Gasteiger partial charge in [-0.3, -0.25) is 19.3 Å². The number of hydrogen-bond acceptors (Lipinski definition) is 8. The van der Waals surface area contributed by atoms with Crippen LogP contribution in [0.15, 0.2) is 48.5 Å². The van der Waals surface area contributed by atoms with Gasteiger partial charge in [-0.1, -0.05) is 49.6 Å². The van der Waals surface area contributed by atoms with Crippen LogP contribution >= 0.6 is 0 Å². The molecule has 0 radical (unpaired) electrons. The summed E-state index contributed by atoms with van der Waals surface area (Å²) in [6.45, 7) is 4.35. The number of benzene rings is 2. The van der Waals surface area contributed by atoms with E-state index < -0.39 is 29.4 Å². The summed E-state index contributed by atoms with van der Waals surface area (Å²) in [5.41, 5.74) is 0.263. The summed E-state index contributed by atoms with van der Waals surface area (Å²) in [6, 6.07) is 12.2. The van der Waals surface area contributed by atoms with Crippen molar-refractivity contribution in [2.24, 2.45) is 5.92 Å². The zero-order valence-electron chi connectivity index (χ0n) is 27.8. The molecular weight excluding hydrogens is 620 g/mol. The number of fused-ring (bicyclic) bond motifs is 1. The fourth-order valence-electron chi connectivity index (χ4n) is 6.97. The summed E-state index contributed by atoms with van der Waals surface area (Å²) < 4.78 is 42.1. The molecule has 1 aliphatic heterocycles. The summed E-state index contributed by atoms with van der Waals surface area (Å²) in [5.74, 6) is -2.86. The lowest BCUT2D eigenvalue weighted by Gasteiger charge is -2.51. The number of hydrogen-bond donors (Lipinski definition) is 3. The fourth-order valence-corrected chi connectivity index (χ4v) is 6.97. The van der Waals surface area contributed by atoms with Crippen LogP contribution in [0.2, 0.25) is 0 Å². The predicted octanol–water partition coefficient (Wildman–Crippen LogP) is 3.81. The maximum atomic E-state index is 14.6. The maximum absolute atomic E-state index is 14.6. The third kappa shape index (κ3) is 8.01. The summed E-state index contributed by atoms with van der Waals surface area (Å²) in [4.78, 5) is 43.1. The van der Waals surface area contributed by atoms with E-state index in [4.69, 9.17) is 9.47 Å². The van der Waals surface area contributed by atoms with Crippen molar-refractivity contribution in [3.05, 3.63) is 71.4 Å². The van der Waals surface area contributed by atoms with Crippen molar-refractivity contribution in [2.45, 2.75) is 69.9 Å². The lowest BCUT2D eigenvalue weighted by molar-refractivity contribution is -0.141. The molecule has 1 saturated heterocycles. The first-order chi connectivity index (χ1) is 23.3. The van der Waals surface area contributed by atoms with E-state index in [2.05, 4.69) is 16.0 Å². The Hall–Kier alpha value is -3.55. The molecule has 48 heavy (non-hydrogen) atoms. The monoisotopic (exact) mass is 667 g/mol. The zero-order chi connectivity index (χ0) is 34.1. The van der Waals surface area contributed by atoms with Crippen LogP contribution in [0, 0.1) is 17.6 Å². The Morgan fingerprint density at radius 1 is 1.04 bits per heavy atom. The molecule has 12 heteroatoms. The Kier molecular flexibility index (Phi) is 12.4. The topological polar surface area (TPSA) is 114 Å². The molecule has 3 N–H and O–H groups in total. The van der Waals surface area contributed by atoms with E-state index in [9.17, 15) is 23.2 Å². The first-order valence-electron chi connectivity index (χ1n) is 16.9. The lowest BCUT2D eigenvalue weighted by Crippen LogP contribution is -2.74. The van der Waals surface area contributed by atoms with E-state index in [-0.39, 0.29) is 43.0 Å². The van der Waals surface area contributed by atoms with E-state index in [0.717, 1.165) is 56.1 Å². The van der Waals surface area contributed by atoms with Gasteiger partial charge in [-0.05, 0) is 44.5 Å². The second kappa shape index (κ2) is 16.7. The number of amides is 1. The molecule has 3 unspecified atom stereocenters. The Balaban J connectivity index is 1.40. The van der Waals surface area contributed by atoms with Gasteiger partial charge in [0.2, 0.25) is 5.91 Å². The largest absolute Gasteiger partial charge is 0.377 e. The molecule has 1 saturated carbocycles. The van der Waals surface area contributed by atoms with Crippen molar-refractivity contribution >= 4 is 28.9 Å². The minimum absolute atomic E-state index is 0.184. The number of rotatable bonds is 16. The van der Waals surface area contributed by atoms with Crippen LogP contribution in [0.1, 0.15) is 55.1 Å². The van der Waals surface area contributed by atoms with Gasteiger partial charge in [-0.2, -0.15) is 0 Å². The number of nitrogens with zero attached hydrogens (tertiary/aromatic N) is 2. The van der Waals surface area contributed by atoms with Gasteiger partial charge in [-0.15, -0.1) is 0 Å². The van der Waals surface area contributed by atoms with Crippen molar-refractivity contribution in [2.75, 3.05) is 46.5 Å². The molecule has 3 atom stereocenters. The SMILES string of the molecule is CNC(C)C(=O)NC(C=O)(C1CCCCC1)N1CCNCC1C(=O)c1cc2cc(F)c(F)cc2n1CCOCCOCc1ccccc1. The van der Waals surface area contributed by atoms with Crippen LogP contribution in [-0.4, -0.2) is 91.7 Å². The Bertz CT molecular complexity index is 1550. The fraction of sp³-hybridized carbons (Fsp3) is 0.528. The molecule has 1 amide bonds. The van der Waals surface area contributed by atoms with E-state index in [1.165, 1.54) is 0 Å². The summed E-state index contributed by atoms with van der Waals surface area (Å²) >= 11 is 0. The van der Waals surface area contributed by atoms with E-state index >= 15 is 0 Å². The van der Waals surface area contributed by atoms with Gasteiger partial charge in [0.05, 0.1) is 49.7 Å². The summed E-state index contributed by atoms with van der Waals surface area (Å²) in [5, 5.41) is 9.68. The third-order valence-corrected chi connectivity index (χ3v) is 9.72. The quantitative estimate of drug-likeness (QED) is 0.120. The number of ketones is 1. The molecule has 3 aromatic rings. The van der Waals surface area contributed by atoms with Gasteiger partial charge in [0, 0.05) is 43.5 Å². The molecule has 1 aliphatic carbocycles. The smallest absolute Gasteiger partial charge is 0.238 e. The Morgan fingerprint density at radius 3 is 2.50 bits per heavy atom. The van der Waals surface area contributed by atoms with Crippen molar-refractivity contribution in [1.82, 2.24) is 25.4 Å². The number of ether oxygens (including phenoxy) is 2. The number of aromatic nitrogens is 1. The van der Waals surface area contributed by atoms with Gasteiger partial charge < -0.3 is 30.0 Å². The van der Waals surface area contributed by atoms with Crippen molar-refractivity contribution in [3.63, 3.8) is 0 Å². The van der Waals surface area contributed by atoms with Crippen LogP contribution in [0.3, 0.4) is 0 Å². The van der Waals surface area contributed by atoms with Gasteiger partial charge >= 0.3 is 0 Å². The lowest BCUT2D eigenvalue weighted by atomic mass is 9.78. The molecular formula is C36H47F2N5O5. The molecule has 260 valence electrons. The molecule has 5 rings (SSSR count). The van der Waals surface area contributed by atoms with Crippen LogP contribution in [0.4, 0.5) is 8.78 Å². The second-order valence-electron chi connectivity index (χ2n) is 12.7. The number of nitrogens with one attached hydrogen (secondary N) is 3. The minimum Gasteiger partial charge on any atom is -0.377 e. The highest BCUT2D eigenvalue weighted by Crippen LogP contribution is 2.36. The number of carbonyl (C=O) groups excluding carboxylic acids is 3. The van der Waals surface area contributed by atoms with Gasteiger partial charge in [-0.25, -0.2) is 8.78 Å². The van der Waals surface area contributed by atoms with Crippen molar-refractivity contribution in [1.29, 1.82) is 0 Å². The van der Waals surface area contributed by atoms with Crippen LogP contribution in [-0.2, 0) is 32.2 Å². The average molecular weight is 668 g/mol. The second-order valence-corrected chi connectivity index (χ2v) is 12.7. The van der Waals surface area contributed by atoms with Gasteiger partial charge in [0.15, 0.2) is 29.4 Å². The van der Waals surface area contributed by atoms with Gasteiger partial charge in [0.25, 0.3) is 0 Å². The van der Waals surface area contributed by atoms with E-state index in [0.29, 0.717) is 43.8 Å². The molecule has 10 nitrogen and oxygen atoms in total. The third-order valence-electron chi connectivity index (χ3n) is 9.72. The van der Waals surface area contributed by atoms with Crippen molar-refractivity contribution < 1.29 is 32.6 Å². The van der Waals surface area contributed by atoms with Crippen LogP contribution in [0.5, 0.6) is 0 Å². The standard InChI is InChI=1S/C36H47F2N5O5/c1-25(39-2)35(46)41-36(24-44,28-11-7-4-8-12-28)43-14-13-40-22-33(43)34(45)32-20-27-19-29(37)30(38)21-31(27)42(32)15-16-47-17-18-48-23-26-9-5-3-6-10-26/h3,5-6,9-10,19-21,24-25,28,33,39-40H,4,7-8,11-18,22-23H2,1-2H3,(H,41,46). The molecule has 2 heterocycles. The highest BCUT2D eigenvalue weighted by Gasteiger charge is 2.51. The van der Waals surface area contributed by atoms with E-state index in [1.54, 1.807) is 24.6 Å². The van der Waals surface area contributed by atoms with Crippen LogP contribution in [0.25, 0.3) is 10.9 Å². The number of halogens is 2. The molecule has 0 bridgehead atoms. The molecule has 2 aromatic carbocycles. The highest BCUT2D eigenvalue weighted by atomic mass is 19.2. The normalized spacial score (nSPS) is 19.5. The minimum atomic E-state index is -1.40. The number of aldehydes is 1. The van der Waals surface area contributed by atoms with E-state index in [1.807, 2.05) is 35.2 Å². The summed E-state index contributed by atoms with van der Waals surface area (Å²) in [6.07, 6.45) is 5.18. The first-order valence-corrected chi connectivity index (χ1v) is 16.9. The Labute approximate surface area is 280 Å². The molecule has 2 aliphatic rings. The van der Waals surface area contributed by atoms with Crippen molar-refractivity contribution in [3.8, 4) is 0 Å². The number of likely N-dealkylation sites (N-methyl/N-ethyl adjacent to an activating group) is 1. The Morgan fingerprint density at radius 2 is 1.77 bits per heavy atom. The highest BCUT2D eigenvalue weighted by molar-refractivity contribution is 6.03. The number of piperazine rings is 1. The number of Topliss-reactive ketones (excluding diaryl/α,β-unsaturated/α-hetero) is 1. The predicted molar refractivity (Wildman–Crippen MR) is 178 cm³/mol. The number of carbonyl (C=O) groups is 3. The summed E-state index contributed by atoms with van der Waals surface area (Å²) in [7, 11) is 1.68. The molecule has 0 spiro atoms. The first kappa shape index (κ1) is 35.7. The zero-order valence-corrected chi connectivity index (χ0v) is 27.8.